The van der Waals surface area contributed by atoms with E-state index < -0.39 is 5.97 Å². The van der Waals surface area contributed by atoms with Gasteiger partial charge in [0, 0.05) is 12.6 Å². The van der Waals surface area contributed by atoms with Gasteiger partial charge in [-0.25, -0.2) is 4.79 Å². The van der Waals surface area contributed by atoms with Gasteiger partial charge in [-0.05, 0) is 51.7 Å². The summed E-state index contributed by atoms with van der Waals surface area (Å²) < 4.78 is 0. The Morgan fingerprint density at radius 3 is 2.53 bits per heavy atom. The average Bonchev–Trinajstić information content (AvgIpc) is 3.08. The fourth-order valence-electron chi connectivity index (χ4n) is 2.50. The minimum atomic E-state index is -0.945. The van der Waals surface area contributed by atoms with Gasteiger partial charge < -0.3 is 20.2 Å². The number of aliphatic carboxylic acids is 1. The maximum absolute atomic E-state index is 11.9. The number of carbonyl (C=O) groups is 2. The molecule has 6 nitrogen and oxygen atoms in total. The van der Waals surface area contributed by atoms with Crippen LogP contribution < -0.4 is 5.32 Å². The quantitative estimate of drug-likeness (QED) is 0.668. The second-order valence-corrected chi connectivity index (χ2v) is 5.39. The number of hydrogen-bond donors (Lipinski definition) is 2. The van der Waals surface area contributed by atoms with Gasteiger partial charge in [-0.2, -0.15) is 0 Å². The van der Waals surface area contributed by atoms with Crippen LogP contribution in [0.25, 0.3) is 0 Å². The number of urea groups is 1. The van der Waals surface area contributed by atoms with Crippen molar-refractivity contribution in [2.45, 2.75) is 38.1 Å². The summed E-state index contributed by atoms with van der Waals surface area (Å²) >= 11 is 0. The zero-order valence-corrected chi connectivity index (χ0v) is 11.3. The van der Waals surface area contributed by atoms with Gasteiger partial charge >= 0.3 is 12.0 Å². The van der Waals surface area contributed by atoms with Crippen molar-refractivity contribution in [3.05, 3.63) is 0 Å². The molecular formula is C13H23N3O3. The maximum Gasteiger partial charge on any atom is 0.323 e. The van der Waals surface area contributed by atoms with Crippen LogP contribution in [0.4, 0.5) is 4.79 Å². The van der Waals surface area contributed by atoms with Gasteiger partial charge in [-0.15, -0.1) is 0 Å². The summed E-state index contributed by atoms with van der Waals surface area (Å²) in [5.74, 6) is -0.945. The molecule has 2 aliphatic rings. The first-order valence-electron chi connectivity index (χ1n) is 7.15. The molecule has 0 bridgehead atoms. The van der Waals surface area contributed by atoms with E-state index in [1.165, 1.54) is 30.8 Å². The van der Waals surface area contributed by atoms with Crippen LogP contribution in [-0.4, -0.2) is 65.7 Å². The molecule has 108 valence electrons. The molecule has 1 aliphatic heterocycles. The van der Waals surface area contributed by atoms with Crippen LogP contribution in [0, 0.1) is 0 Å². The lowest BCUT2D eigenvalue weighted by atomic mass is 10.4. The Hall–Kier alpha value is -1.30. The van der Waals surface area contributed by atoms with Crippen LogP contribution in [0.15, 0.2) is 0 Å². The van der Waals surface area contributed by atoms with Crippen molar-refractivity contribution in [2.24, 2.45) is 0 Å². The van der Waals surface area contributed by atoms with Crippen molar-refractivity contribution >= 4 is 12.0 Å². The number of hydrogen-bond acceptors (Lipinski definition) is 3. The van der Waals surface area contributed by atoms with Gasteiger partial charge in [0.15, 0.2) is 0 Å². The SMILES string of the molecule is O=C(O)CN(C(=O)NCCCN1CCCC1)C1CC1. The second-order valence-electron chi connectivity index (χ2n) is 5.39. The van der Waals surface area contributed by atoms with E-state index in [0.717, 1.165) is 25.8 Å². The first-order valence-corrected chi connectivity index (χ1v) is 7.15. The Balaban J connectivity index is 1.62. The first-order chi connectivity index (χ1) is 9.16. The molecular weight excluding hydrogens is 246 g/mol. The molecule has 2 rings (SSSR count). The van der Waals surface area contributed by atoms with Gasteiger partial charge in [0.1, 0.15) is 6.54 Å². The Bertz CT molecular complexity index is 325. The number of rotatable bonds is 7. The summed E-state index contributed by atoms with van der Waals surface area (Å²) in [5, 5.41) is 11.6. The fraction of sp³-hybridized carbons (Fsp3) is 0.846. The summed E-state index contributed by atoms with van der Waals surface area (Å²) in [7, 11) is 0. The Labute approximate surface area is 113 Å². The minimum Gasteiger partial charge on any atom is -0.480 e. The van der Waals surface area contributed by atoms with E-state index in [1.54, 1.807) is 0 Å². The van der Waals surface area contributed by atoms with Crippen molar-refractivity contribution in [1.82, 2.24) is 15.1 Å². The van der Waals surface area contributed by atoms with Crippen LogP contribution in [0.1, 0.15) is 32.1 Å². The summed E-state index contributed by atoms with van der Waals surface area (Å²) in [6.07, 6.45) is 5.33. The van der Waals surface area contributed by atoms with Gasteiger partial charge in [0.2, 0.25) is 0 Å². The molecule has 0 radical (unpaired) electrons. The molecule has 0 aromatic rings. The number of carboxylic acids is 1. The normalized spacial score (nSPS) is 19.4. The number of amides is 2. The maximum atomic E-state index is 11.9. The highest BCUT2D eigenvalue weighted by Gasteiger charge is 2.33. The summed E-state index contributed by atoms with van der Waals surface area (Å²) in [4.78, 5) is 26.5. The van der Waals surface area contributed by atoms with Crippen LogP contribution in [0.3, 0.4) is 0 Å². The lowest BCUT2D eigenvalue weighted by molar-refractivity contribution is -0.137. The molecule has 2 amide bonds. The van der Waals surface area contributed by atoms with E-state index >= 15 is 0 Å². The molecule has 1 heterocycles. The fourth-order valence-corrected chi connectivity index (χ4v) is 2.50. The first kappa shape index (κ1) is 14.1. The van der Waals surface area contributed by atoms with Gasteiger partial charge in [-0.3, -0.25) is 4.79 Å². The monoisotopic (exact) mass is 269 g/mol. The number of carbonyl (C=O) groups excluding carboxylic acids is 1. The molecule has 0 unspecified atom stereocenters. The van der Waals surface area contributed by atoms with E-state index in [1.807, 2.05) is 0 Å². The molecule has 1 aliphatic carbocycles. The van der Waals surface area contributed by atoms with E-state index in [2.05, 4.69) is 10.2 Å². The molecule has 19 heavy (non-hydrogen) atoms. The largest absolute Gasteiger partial charge is 0.480 e. The molecule has 1 saturated carbocycles. The van der Waals surface area contributed by atoms with Gasteiger partial charge in [0.05, 0.1) is 0 Å². The third-order valence-electron chi connectivity index (χ3n) is 3.68. The van der Waals surface area contributed by atoms with Crippen LogP contribution in [0.2, 0.25) is 0 Å². The summed E-state index contributed by atoms with van der Waals surface area (Å²) in [5.41, 5.74) is 0. The summed E-state index contributed by atoms with van der Waals surface area (Å²) in [6, 6.07) is -0.0963. The predicted octanol–water partition coefficient (Wildman–Crippen LogP) is 0.731. The number of nitrogens with zero attached hydrogens (tertiary/aromatic N) is 2. The Morgan fingerprint density at radius 2 is 1.95 bits per heavy atom. The van der Waals surface area contributed by atoms with Crippen molar-refractivity contribution in [1.29, 1.82) is 0 Å². The van der Waals surface area contributed by atoms with Gasteiger partial charge in [0.25, 0.3) is 0 Å². The van der Waals surface area contributed by atoms with Crippen LogP contribution in [-0.2, 0) is 4.79 Å². The lowest BCUT2D eigenvalue weighted by Crippen LogP contribution is -2.44. The van der Waals surface area contributed by atoms with Crippen LogP contribution in [0.5, 0.6) is 0 Å². The number of nitrogens with one attached hydrogen (secondary N) is 1. The van der Waals surface area contributed by atoms with Crippen molar-refractivity contribution < 1.29 is 14.7 Å². The smallest absolute Gasteiger partial charge is 0.323 e. The number of likely N-dealkylation sites (tertiary alicyclic amines) is 1. The van der Waals surface area contributed by atoms with E-state index in [0.29, 0.717) is 6.54 Å². The standard InChI is InChI=1S/C13H23N3O3/c17-12(18)10-16(11-4-5-11)13(19)14-6-3-9-15-7-1-2-8-15/h11H,1-10H2,(H,14,19)(H,17,18). The molecule has 2 N–H and O–H groups in total. The Kier molecular flexibility index (Phi) is 5.01. The van der Waals surface area contributed by atoms with Crippen molar-refractivity contribution in [2.75, 3.05) is 32.7 Å². The van der Waals surface area contributed by atoms with Crippen molar-refractivity contribution in [3.8, 4) is 0 Å². The highest BCUT2D eigenvalue weighted by Crippen LogP contribution is 2.26. The van der Waals surface area contributed by atoms with E-state index in [-0.39, 0.29) is 18.6 Å². The van der Waals surface area contributed by atoms with E-state index in [9.17, 15) is 9.59 Å². The summed E-state index contributed by atoms with van der Waals surface area (Å²) in [6.45, 7) is 3.78. The third-order valence-corrected chi connectivity index (χ3v) is 3.68. The highest BCUT2D eigenvalue weighted by molar-refractivity contribution is 5.80. The molecule has 0 aromatic heterocycles. The zero-order valence-electron chi connectivity index (χ0n) is 11.3. The van der Waals surface area contributed by atoms with Crippen LogP contribution >= 0.6 is 0 Å². The minimum absolute atomic E-state index is 0.134. The third kappa shape index (κ3) is 4.70. The predicted molar refractivity (Wildman–Crippen MR) is 71.1 cm³/mol. The molecule has 0 spiro atoms. The molecule has 0 aromatic carbocycles. The van der Waals surface area contributed by atoms with Crippen molar-refractivity contribution in [3.63, 3.8) is 0 Å². The topological polar surface area (TPSA) is 72.9 Å². The molecule has 6 heteroatoms. The van der Waals surface area contributed by atoms with E-state index in [4.69, 9.17) is 5.11 Å². The van der Waals surface area contributed by atoms with Gasteiger partial charge in [-0.1, -0.05) is 0 Å². The molecule has 0 atom stereocenters. The number of carboxylic acid groups (broad SMARTS) is 1. The highest BCUT2D eigenvalue weighted by atomic mass is 16.4. The second kappa shape index (κ2) is 6.75. The molecule has 1 saturated heterocycles. The zero-order chi connectivity index (χ0) is 13.7. The average molecular weight is 269 g/mol. The Morgan fingerprint density at radius 1 is 1.26 bits per heavy atom. The lowest BCUT2D eigenvalue weighted by Gasteiger charge is -2.21. The molecule has 2 fully saturated rings.